The minimum atomic E-state index is -0.628. The second-order valence-corrected chi connectivity index (χ2v) is 12.9. The second kappa shape index (κ2) is 13.2. The molecule has 3 heterocycles. The van der Waals surface area contributed by atoms with Crippen molar-refractivity contribution in [1.29, 1.82) is 0 Å². The van der Waals surface area contributed by atoms with Gasteiger partial charge in [0, 0.05) is 44.3 Å². The number of piperidine rings is 1. The number of phenols is 1. The monoisotopic (exact) mass is 578 g/mol. The zero-order valence-electron chi connectivity index (χ0n) is 25.3. The van der Waals surface area contributed by atoms with Gasteiger partial charge in [-0.2, -0.15) is 4.98 Å². The van der Waals surface area contributed by atoms with Crippen LogP contribution < -0.4 is 15.5 Å². The lowest BCUT2D eigenvalue weighted by Gasteiger charge is -2.38. The quantitative estimate of drug-likeness (QED) is 0.400. The number of amides is 2. The van der Waals surface area contributed by atoms with E-state index in [1.165, 1.54) is 25.7 Å². The number of aromatic hydroxyl groups is 1. The number of carbonyl (C=O) groups excluding carboxylic acids is 2. The second-order valence-electron chi connectivity index (χ2n) is 12.9. The number of hydrogen-bond donors (Lipinski definition) is 3. The van der Waals surface area contributed by atoms with Crippen LogP contribution in [0.25, 0.3) is 0 Å². The van der Waals surface area contributed by atoms with Gasteiger partial charge >= 0.3 is 6.09 Å². The molecular formula is C32H46N6O4. The van der Waals surface area contributed by atoms with E-state index in [1.54, 1.807) is 23.1 Å². The molecule has 2 aromatic rings. The number of nitrogens with one attached hydrogen (secondary N) is 2. The Morgan fingerprint density at radius 1 is 1.00 bits per heavy atom. The molecule has 228 valence electrons. The lowest BCUT2D eigenvalue weighted by molar-refractivity contribution is 0.0111. The van der Waals surface area contributed by atoms with Gasteiger partial charge < -0.3 is 30.3 Å². The van der Waals surface area contributed by atoms with Gasteiger partial charge in [-0.25, -0.2) is 9.78 Å². The molecule has 2 fully saturated rings. The van der Waals surface area contributed by atoms with E-state index in [9.17, 15) is 14.7 Å². The summed E-state index contributed by atoms with van der Waals surface area (Å²) in [4.78, 5) is 40.0. The Kier molecular flexibility index (Phi) is 9.38. The molecular weight excluding hydrogens is 532 g/mol. The molecule has 3 aliphatic rings. The van der Waals surface area contributed by atoms with E-state index < -0.39 is 11.7 Å². The number of anilines is 2. The minimum Gasteiger partial charge on any atom is -0.508 e. The molecule has 10 nitrogen and oxygen atoms in total. The van der Waals surface area contributed by atoms with E-state index in [4.69, 9.17) is 14.7 Å². The van der Waals surface area contributed by atoms with Gasteiger partial charge in [0.15, 0.2) is 0 Å². The molecule has 0 unspecified atom stereocenters. The lowest BCUT2D eigenvalue weighted by Crippen LogP contribution is -2.47. The van der Waals surface area contributed by atoms with Crippen molar-refractivity contribution in [2.45, 2.75) is 109 Å². The van der Waals surface area contributed by atoms with E-state index in [0.717, 1.165) is 49.9 Å². The molecule has 3 N–H and O–H groups in total. The Balaban J connectivity index is 1.28. The third kappa shape index (κ3) is 7.83. The van der Waals surface area contributed by atoms with Gasteiger partial charge in [-0.3, -0.25) is 4.79 Å². The van der Waals surface area contributed by atoms with Crippen molar-refractivity contribution in [3.05, 3.63) is 41.1 Å². The fraction of sp³-hybridized carbons (Fsp3) is 0.625. The number of nitrogens with zero attached hydrogens (tertiary/aromatic N) is 4. The van der Waals surface area contributed by atoms with Gasteiger partial charge in [-0.05, 0) is 89.0 Å². The topological polar surface area (TPSA) is 120 Å². The maximum atomic E-state index is 13.4. The Labute approximate surface area is 249 Å². The van der Waals surface area contributed by atoms with Crippen LogP contribution in [0.2, 0.25) is 0 Å². The molecule has 0 spiro atoms. The number of fused-ring (bicyclic) bond motifs is 1. The molecule has 2 aliphatic heterocycles. The summed E-state index contributed by atoms with van der Waals surface area (Å²) in [6.45, 7) is 8.07. The highest BCUT2D eigenvalue weighted by Crippen LogP contribution is 2.29. The summed E-state index contributed by atoms with van der Waals surface area (Å²) < 4.78 is 5.70. The Morgan fingerprint density at radius 2 is 1.74 bits per heavy atom. The number of carbonyl (C=O) groups is 2. The first-order valence-corrected chi connectivity index (χ1v) is 15.6. The number of phenolic OH excluding ortho intramolecular Hbond substituents is 1. The SMILES string of the molecule is CC(C)(C)OC(=O)N1Cc2cc(O)ccc2C[C@H]1CCNC(=O)c1cc(NC2CCCCC2)nc(N2CCCCC2)n1. The summed E-state index contributed by atoms with van der Waals surface area (Å²) in [5.74, 6) is 1.26. The van der Waals surface area contributed by atoms with Crippen LogP contribution in [0, 0.1) is 0 Å². The highest BCUT2D eigenvalue weighted by Gasteiger charge is 2.33. The van der Waals surface area contributed by atoms with Gasteiger partial charge in [-0.15, -0.1) is 0 Å². The van der Waals surface area contributed by atoms with E-state index in [1.807, 2.05) is 26.8 Å². The largest absolute Gasteiger partial charge is 0.508 e. The molecule has 1 aliphatic carbocycles. The Hall–Kier alpha value is -3.56. The third-order valence-electron chi connectivity index (χ3n) is 8.36. The zero-order valence-corrected chi connectivity index (χ0v) is 25.3. The Bertz CT molecular complexity index is 1250. The summed E-state index contributed by atoms with van der Waals surface area (Å²) in [7, 11) is 0. The first-order valence-electron chi connectivity index (χ1n) is 15.6. The fourth-order valence-corrected chi connectivity index (χ4v) is 6.19. The maximum absolute atomic E-state index is 13.4. The van der Waals surface area contributed by atoms with Crippen LogP contribution in [0.15, 0.2) is 24.3 Å². The first-order chi connectivity index (χ1) is 20.1. The normalized spacial score (nSPS) is 19.6. The standard InChI is InChI=1S/C32H46N6O4/c1-32(2,3)42-31(41)38-21-23-19-26(39)13-12-22(23)18-25(38)14-15-33-29(40)27-20-28(34-24-10-6-4-7-11-24)36-30(35-27)37-16-8-5-9-17-37/h12-13,19-20,24-25,39H,4-11,14-18,21H2,1-3H3,(H,33,40)(H,34,35,36)/t25-/m1/s1. The van der Waals surface area contributed by atoms with Gasteiger partial charge in [0.05, 0.1) is 0 Å². The number of rotatable bonds is 7. The zero-order chi connectivity index (χ0) is 29.7. The predicted octanol–water partition coefficient (Wildman–Crippen LogP) is 5.40. The number of benzene rings is 1. The van der Waals surface area contributed by atoms with Crippen molar-refractivity contribution < 1.29 is 19.4 Å². The van der Waals surface area contributed by atoms with Crippen LogP contribution in [-0.4, -0.2) is 69.3 Å². The summed E-state index contributed by atoms with van der Waals surface area (Å²) in [5.41, 5.74) is 1.73. The van der Waals surface area contributed by atoms with Crippen LogP contribution in [0.1, 0.15) is 100 Å². The molecule has 42 heavy (non-hydrogen) atoms. The average molecular weight is 579 g/mol. The highest BCUT2D eigenvalue weighted by molar-refractivity contribution is 5.93. The third-order valence-corrected chi connectivity index (χ3v) is 8.36. The average Bonchev–Trinajstić information content (AvgIpc) is 2.96. The molecule has 2 amide bonds. The molecule has 1 aromatic carbocycles. The van der Waals surface area contributed by atoms with Gasteiger partial charge in [-0.1, -0.05) is 25.3 Å². The van der Waals surface area contributed by atoms with E-state index in [0.29, 0.717) is 49.4 Å². The number of hydrogen-bond acceptors (Lipinski definition) is 8. The molecule has 1 saturated heterocycles. The van der Waals surface area contributed by atoms with E-state index >= 15 is 0 Å². The molecule has 0 radical (unpaired) electrons. The maximum Gasteiger partial charge on any atom is 0.410 e. The Morgan fingerprint density at radius 3 is 2.48 bits per heavy atom. The first kappa shape index (κ1) is 29.9. The van der Waals surface area contributed by atoms with Gasteiger partial charge in [0.25, 0.3) is 5.91 Å². The van der Waals surface area contributed by atoms with Crippen molar-refractivity contribution in [1.82, 2.24) is 20.2 Å². The fourth-order valence-electron chi connectivity index (χ4n) is 6.19. The van der Waals surface area contributed by atoms with Crippen molar-refractivity contribution in [2.24, 2.45) is 0 Å². The summed E-state index contributed by atoms with van der Waals surface area (Å²) in [5, 5.41) is 16.6. The summed E-state index contributed by atoms with van der Waals surface area (Å²) in [6, 6.07) is 7.27. The van der Waals surface area contributed by atoms with Gasteiger partial charge in [0.1, 0.15) is 22.9 Å². The molecule has 10 heteroatoms. The predicted molar refractivity (Wildman–Crippen MR) is 163 cm³/mol. The van der Waals surface area contributed by atoms with Crippen LogP contribution in [-0.2, 0) is 17.7 Å². The van der Waals surface area contributed by atoms with Crippen molar-refractivity contribution in [2.75, 3.05) is 29.9 Å². The van der Waals surface area contributed by atoms with Gasteiger partial charge in [0.2, 0.25) is 5.95 Å². The molecule has 1 aromatic heterocycles. The number of ether oxygens (including phenoxy) is 1. The van der Waals surface area contributed by atoms with Crippen LogP contribution >= 0.6 is 0 Å². The lowest BCUT2D eigenvalue weighted by atomic mass is 9.92. The number of aromatic nitrogens is 2. The minimum absolute atomic E-state index is 0.157. The highest BCUT2D eigenvalue weighted by atomic mass is 16.6. The molecule has 0 bridgehead atoms. The van der Waals surface area contributed by atoms with Crippen LogP contribution in [0.3, 0.4) is 0 Å². The van der Waals surface area contributed by atoms with Crippen LogP contribution in [0.4, 0.5) is 16.6 Å². The van der Waals surface area contributed by atoms with Crippen molar-refractivity contribution >= 4 is 23.8 Å². The van der Waals surface area contributed by atoms with E-state index in [2.05, 4.69) is 15.5 Å². The smallest absolute Gasteiger partial charge is 0.410 e. The van der Waals surface area contributed by atoms with Crippen molar-refractivity contribution in [3.63, 3.8) is 0 Å². The molecule has 1 atom stereocenters. The summed E-state index contributed by atoms with van der Waals surface area (Å²) in [6.07, 6.45) is 10.1. The van der Waals surface area contributed by atoms with E-state index in [-0.39, 0.29) is 17.7 Å². The van der Waals surface area contributed by atoms with Crippen LogP contribution in [0.5, 0.6) is 5.75 Å². The molecule has 1 saturated carbocycles. The summed E-state index contributed by atoms with van der Waals surface area (Å²) >= 11 is 0. The van der Waals surface area contributed by atoms with Crippen molar-refractivity contribution in [3.8, 4) is 5.75 Å². The molecule has 5 rings (SSSR count).